The molecule has 0 amide bonds. The number of methoxy groups -OCH3 is 1. The molecular weight excluding hydrogens is 250 g/mol. The molecule has 1 aromatic carbocycles. The van der Waals surface area contributed by atoms with Gasteiger partial charge in [-0.25, -0.2) is 0 Å². The largest absolute Gasteiger partial charge is 0.496 e. The molecule has 0 atom stereocenters. The van der Waals surface area contributed by atoms with Gasteiger partial charge in [0, 0.05) is 18.2 Å². The van der Waals surface area contributed by atoms with Gasteiger partial charge >= 0.3 is 0 Å². The number of benzene rings is 1. The second kappa shape index (κ2) is 5.65. The van der Waals surface area contributed by atoms with Gasteiger partial charge in [-0.1, -0.05) is 29.8 Å². The minimum Gasteiger partial charge on any atom is -0.496 e. The molecule has 1 heterocycles. The van der Waals surface area contributed by atoms with Crippen LogP contribution in [0.2, 0.25) is 5.02 Å². The van der Waals surface area contributed by atoms with Gasteiger partial charge in [0.05, 0.1) is 12.1 Å². The van der Waals surface area contributed by atoms with Crippen molar-refractivity contribution >= 4 is 17.4 Å². The molecule has 0 bridgehead atoms. The maximum atomic E-state index is 12.0. The molecule has 0 radical (unpaired) electrons. The van der Waals surface area contributed by atoms with E-state index in [1.807, 2.05) is 24.3 Å². The smallest absolute Gasteiger partial charge is 0.185 e. The van der Waals surface area contributed by atoms with E-state index in [0.29, 0.717) is 16.5 Å². The number of nitrogens with zero attached hydrogens (tertiary/aromatic N) is 1. The van der Waals surface area contributed by atoms with Crippen LogP contribution < -0.4 is 4.74 Å². The predicted molar refractivity (Wildman–Crippen MR) is 70.3 cm³/mol. The first-order valence-electron chi connectivity index (χ1n) is 5.47. The highest BCUT2D eigenvalue weighted by Gasteiger charge is 2.11. The predicted octanol–water partition coefficient (Wildman–Crippen LogP) is 3.17. The van der Waals surface area contributed by atoms with Crippen molar-refractivity contribution in [3.05, 3.63) is 58.9 Å². The maximum Gasteiger partial charge on any atom is 0.185 e. The summed E-state index contributed by atoms with van der Waals surface area (Å²) in [5.74, 6) is 0.649. The summed E-state index contributed by atoms with van der Waals surface area (Å²) in [6.07, 6.45) is 1.73. The van der Waals surface area contributed by atoms with E-state index in [0.717, 1.165) is 5.56 Å². The Hall–Kier alpha value is -1.87. The van der Waals surface area contributed by atoms with E-state index >= 15 is 0 Å². The van der Waals surface area contributed by atoms with Crippen molar-refractivity contribution in [2.75, 3.05) is 7.11 Å². The van der Waals surface area contributed by atoms with Gasteiger partial charge in [0.1, 0.15) is 11.4 Å². The number of halogens is 1. The lowest BCUT2D eigenvalue weighted by Crippen LogP contribution is -2.06. The van der Waals surface area contributed by atoms with Gasteiger partial charge in [0.25, 0.3) is 0 Å². The van der Waals surface area contributed by atoms with Crippen molar-refractivity contribution in [2.45, 2.75) is 6.42 Å². The van der Waals surface area contributed by atoms with Crippen molar-refractivity contribution in [1.82, 2.24) is 4.98 Å². The molecule has 18 heavy (non-hydrogen) atoms. The van der Waals surface area contributed by atoms with Crippen LogP contribution in [0, 0.1) is 0 Å². The lowest BCUT2D eigenvalue weighted by atomic mass is 10.1. The zero-order chi connectivity index (χ0) is 13.0. The Labute approximate surface area is 110 Å². The summed E-state index contributed by atoms with van der Waals surface area (Å²) in [7, 11) is 1.59. The molecular formula is C14H12ClNO2. The van der Waals surface area contributed by atoms with Crippen LogP contribution in [-0.4, -0.2) is 17.9 Å². The summed E-state index contributed by atoms with van der Waals surface area (Å²) in [4.78, 5) is 16.0. The molecule has 0 saturated carbocycles. The average molecular weight is 262 g/mol. The SMILES string of the molecule is COc1ccccc1CC(=O)c1ccc(Cl)cn1. The Bertz CT molecular complexity index is 552. The molecule has 0 saturated heterocycles. The van der Waals surface area contributed by atoms with Crippen LogP contribution in [0.4, 0.5) is 0 Å². The van der Waals surface area contributed by atoms with Gasteiger partial charge in [-0.05, 0) is 18.2 Å². The molecule has 2 rings (SSSR count). The lowest BCUT2D eigenvalue weighted by molar-refractivity contribution is 0.0987. The highest BCUT2D eigenvalue weighted by molar-refractivity contribution is 6.30. The van der Waals surface area contributed by atoms with Gasteiger partial charge < -0.3 is 4.74 Å². The molecule has 1 aromatic heterocycles. The molecule has 3 nitrogen and oxygen atoms in total. The summed E-state index contributed by atoms with van der Waals surface area (Å²) in [5, 5.41) is 0.517. The van der Waals surface area contributed by atoms with Crippen LogP contribution in [0.1, 0.15) is 16.1 Å². The first-order chi connectivity index (χ1) is 8.70. The Balaban J connectivity index is 2.18. The number of carbonyl (C=O) groups excluding carboxylic acids is 1. The Morgan fingerprint density at radius 3 is 2.72 bits per heavy atom. The number of ether oxygens (including phenoxy) is 1. The molecule has 0 aliphatic rings. The maximum absolute atomic E-state index is 12.0. The van der Waals surface area contributed by atoms with Gasteiger partial charge in [0.15, 0.2) is 5.78 Å². The van der Waals surface area contributed by atoms with Crippen molar-refractivity contribution in [2.24, 2.45) is 0 Å². The fourth-order valence-corrected chi connectivity index (χ4v) is 1.77. The zero-order valence-electron chi connectivity index (χ0n) is 9.89. The number of para-hydroxylation sites is 1. The lowest BCUT2D eigenvalue weighted by Gasteiger charge is -2.07. The van der Waals surface area contributed by atoms with Gasteiger partial charge in [-0.2, -0.15) is 0 Å². The van der Waals surface area contributed by atoms with Crippen LogP contribution in [0.3, 0.4) is 0 Å². The molecule has 0 fully saturated rings. The summed E-state index contributed by atoms with van der Waals surface area (Å²) in [6, 6.07) is 10.7. The molecule has 0 N–H and O–H groups in total. The van der Waals surface area contributed by atoms with Crippen molar-refractivity contribution in [3.63, 3.8) is 0 Å². The third-order valence-electron chi connectivity index (χ3n) is 2.56. The summed E-state index contributed by atoms with van der Waals surface area (Å²) in [6.45, 7) is 0. The van der Waals surface area contributed by atoms with E-state index in [-0.39, 0.29) is 12.2 Å². The molecule has 0 spiro atoms. The van der Waals surface area contributed by atoms with Crippen LogP contribution in [0.15, 0.2) is 42.6 Å². The topological polar surface area (TPSA) is 39.2 Å². The average Bonchev–Trinajstić information content (AvgIpc) is 2.40. The minimum atomic E-state index is -0.0591. The highest BCUT2D eigenvalue weighted by atomic mass is 35.5. The van der Waals surface area contributed by atoms with Crippen LogP contribution >= 0.6 is 11.6 Å². The monoisotopic (exact) mass is 261 g/mol. The summed E-state index contributed by atoms with van der Waals surface area (Å²) < 4.78 is 5.21. The normalized spacial score (nSPS) is 10.1. The first kappa shape index (κ1) is 12.6. The Kier molecular flexibility index (Phi) is 3.95. The Morgan fingerprint density at radius 1 is 1.28 bits per heavy atom. The van der Waals surface area contributed by atoms with Gasteiger partial charge in [-0.3, -0.25) is 9.78 Å². The molecule has 0 unspecified atom stereocenters. The van der Waals surface area contributed by atoms with Crippen LogP contribution in [0.5, 0.6) is 5.75 Å². The van der Waals surface area contributed by atoms with Gasteiger partial charge in [-0.15, -0.1) is 0 Å². The van der Waals surface area contributed by atoms with Crippen molar-refractivity contribution in [3.8, 4) is 5.75 Å². The molecule has 4 heteroatoms. The fraction of sp³-hybridized carbons (Fsp3) is 0.143. The first-order valence-corrected chi connectivity index (χ1v) is 5.85. The number of hydrogen-bond acceptors (Lipinski definition) is 3. The van der Waals surface area contributed by atoms with E-state index in [9.17, 15) is 4.79 Å². The van der Waals surface area contributed by atoms with E-state index < -0.39 is 0 Å². The second-order valence-corrected chi connectivity index (χ2v) is 4.21. The summed E-state index contributed by atoms with van der Waals surface area (Å²) in [5.41, 5.74) is 1.26. The number of hydrogen-bond donors (Lipinski definition) is 0. The number of Topliss-reactive ketones (excluding diaryl/α,β-unsaturated/α-hetero) is 1. The van der Waals surface area contributed by atoms with E-state index in [1.165, 1.54) is 6.20 Å². The molecule has 0 aliphatic heterocycles. The highest BCUT2D eigenvalue weighted by Crippen LogP contribution is 2.19. The standard InChI is InChI=1S/C14H12ClNO2/c1-18-14-5-3-2-4-10(14)8-13(17)12-7-6-11(15)9-16-12/h2-7,9H,8H2,1H3. The number of aromatic nitrogens is 1. The third kappa shape index (κ3) is 2.87. The quantitative estimate of drug-likeness (QED) is 0.794. The van der Waals surface area contributed by atoms with E-state index in [2.05, 4.69) is 4.98 Å². The number of rotatable bonds is 4. The number of carbonyl (C=O) groups is 1. The zero-order valence-corrected chi connectivity index (χ0v) is 10.6. The fourth-order valence-electron chi connectivity index (χ4n) is 1.65. The molecule has 92 valence electrons. The van der Waals surface area contributed by atoms with E-state index in [1.54, 1.807) is 19.2 Å². The minimum absolute atomic E-state index is 0.0591. The molecule has 0 aliphatic carbocycles. The van der Waals surface area contributed by atoms with Crippen molar-refractivity contribution in [1.29, 1.82) is 0 Å². The third-order valence-corrected chi connectivity index (χ3v) is 2.78. The van der Waals surface area contributed by atoms with Crippen molar-refractivity contribution < 1.29 is 9.53 Å². The number of pyridine rings is 1. The summed E-state index contributed by atoms with van der Waals surface area (Å²) >= 11 is 5.73. The van der Waals surface area contributed by atoms with Gasteiger partial charge in [0.2, 0.25) is 0 Å². The van der Waals surface area contributed by atoms with E-state index in [4.69, 9.17) is 16.3 Å². The Morgan fingerprint density at radius 2 is 2.06 bits per heavy atom. The van der Waals surface area contributed by atoms with Crippen LogP contribution in [-0.2, 0) is 6.42 Å². The second-order valence-electron chi connectivity index (χ2n) is 3.77. The number of ketones is 1. The van der Waals surface area contributed by atoms with Crippen LogP contribution in [0.25, 0.3) is 0 Å². The molecule has 2 aromatic rings.